The summed E-state index contributed by atoms with van der Waals surface area (Å²) in [7, 11) is 1.88. The molecule has 6 nitrogen and oxygen atoms in total. The fraction of sp³-hybridized carbons (Fsp3) is 0.429. The number of carbonyl (C=O) groups excluding carboxylic acids is 2. The van der Waals surface area contributed by atoms with Gasteiger partial charge in [-0.3, -0.25) is 4.79 Å². The minimum absolute atomic E-state index is 0.0478. The van der Waals surface area contributed by atoms with E-state index in [0.717, 1.165) is 31.6 Å². The van der Waals surface area contributed by atoms with Crippen molar-refractivity contribution in [1.82, 2.24) is 9.47 Å². The number of ether oxygens (including phenoxy) is 1. The zero-order valence-electron chi connectivity index (χ0n) is 15.9. The maximum atomic E-state index is 12.8. The first kappa shape index (κ1) is 19.0. The second kappa shape index (κ2) is 8.75. The number of aromatic nitrogens is 1. The number of esters is 1. The van der Waals surface area contributed by atoms with Gasteiger partial charge in [0.1, 0.15) is 17.2 Å². The third-order valence-electron chi connectivity index (χ3n) is 4.89. The Kier molecular flexibility index (Phi) is 6.16. The quantitative estimate of drug-likeness (QED) is 0.576. The molecule has 144 valence electrons. The van der Waals surface area contributed by atoms with Crippen molar-refractivity contribution in [2.75, 3.05) is 13.2 Å². The SMILES string of the molecule is Cc1ccc(C=CC(=O)OCCC2CCCCN2C(=O)c2cccn2C)o1. The van der Waals surface area contributed by atoms with Crippen LogP contribution in [-0.2, 0) is 16.6 Å². The van der Waals surface area contributed by atoms with E-state index in [9.17, 15) is 9.59 Å². The highest BCUT2D eigenvalue weighted by Gasteiger charge is 2.28. The lowest BCUT2D eigenvalue weighted by molar-refractivity contribution is -0.138. The van der Waals surface area contributed by atoms with E-state index < -0.39 is 5.97 Å². The molecular weight excluding hydrogens is 344 g/mol. The first-order valence-electron chi connectivity index (χ1n) is 9.38. The van der Waals surface area contributed by atoms with E-state index in [4.69, 9.17) is 9.15 Å². The molecule has 1 fully saturated rings. The summed E-state index contributed by atoms with van der Waals surface area (Å²) in [6.45, 7) is 2.89. The molecule has 0 spiro atoms. The van der Waals surface area contributed by atoms with Crippen molar-refractivity contribution in [1.29, 1.82) is 0 Å². The number of hydrogen-bond acceptors (Lipinski definition) is 4. The maximum Gasteiger partial charge on any atom is 0.330 e. The van der Waals surface area contributed by atoms with E-state index in [2.05, 4.69) is 0 Å². The molecule has 27 heavy (non-hydrogen) atoms. The average molecular weight is 370 g/mol. The predicted molar refractivity (Wildman–Crippen MR) is 102 cm³/mol. The smallest absolute Gasteiger partial charge is 0.330 e. The molecular formula is C21H26N2O4. The number of rotatable bonds is 6. The van der Waals surface area contributed by atoms with Crippen LogP contribution in [0.4, 0.5) is 0 Å². The summed E-state index contributed by atoms with van der Waals surface area (Å²) in [4.78, 5) is 26.6. The summed E-state index contributed by atoms with van der Waals surface area (Å²) in [6.07, 6.45) is 8.53. The molecule has 2 aromatic heterocycles. The van der Waals surface area contributed by atoms with Gasteiger partial charge in [-0.25, -0.2) is 4.79 Å². The van der Waals surface area contributed by atoms with Gasteiger partial charge in [0.05, 0.1) is 6.61 Å². The molecule has 1 unspecified atom stereocenters. The zero-order chi connectivity index (χ0) is 19.2. The van der Waals surface area contributed by atoms with E-state index in [-0.39, 0.29) is 11.9 Å². The van der Waals surface area contributed by atoms with Crippen LogP contribution in [0.5, 0.6) is 0 Å². The van der Waals surface area contributed by atoms with Gasteiger partial charge in [0, 0.05) is 38.3 Å². The molecule has 1 atom stereocenters. The van der Waals surface area contributed by atoms with Crippen LogP contribution in [0.1, 0.15) is 47.7 Å². The Labute approximate surface area is 159 Å². The van der Waals surface area contributed by atoms with Crippen molar-refractivity contribution >= 4 is 18.0 Å². The standard InChI is InChI=1S/C21H26N2O4/c1-16-8-9-18(27-16)10-11-20(24)26-15-12-17-6-3-4-14-23(17)21(25)19-7-5-13-22(19)2/h5,7-11,13,17H,3-4,6,12,14-15H2,1-2H3. The van der Waals surface area contributed by atoms with Crippen LogP contribution in [0.2, 0.25) is 0 Å². The Bertz CT molecular complexity index is 818. The summed E-state index contributed by atoms with van der Waals surface area (Å²) in [5.74, 6) is 1.06. The van der Waals surface area contributed by atoms with Gasteiger partial charge in [-0.05, 0) is 56.5 Å². The third kappa shape index (κ3) is 4.90. The van der Waals surface area contributed by atoms with Crippen LogP contribution in [0, 0.1) is 6.92 Å². The number of hydrogen-bond donors (Lipinski definition) is 0. The lowest BCUT2D eigenvalue weighted by atomic mass is 9.99. The molecule has 3 heterocycles. The van der Waals surface area contributed by atoms with Crippen molar-refractivity contribution in [3.05, 3.63) is 53.8 Å². The Morgan fingerprint density at radius 3 is 2.85 bits per heavy atom. The molecule has 6 heteroatoms. The molecule has 0 N–H and O–H groups in total. The van der Waals surface area contributed by atoms with E-state index in [1.54, 1.807) is 12.1 Å². The number of aryl methyl sites for hydroxylation is 2. The summed E-state index contributed by atoms with van der Waals surface area (Å²) < 4.78 is 12.5. The van der Waals surface area contributed by atoms with E-state index >= 15 is 0 Å². The van der Waals surface area contributed by atoms with Crippen LogP contribution in [-0.4, -0.2) is 40.5 Å². The lowest BCUT2D eigenvalue weighted by Crippen LogP contribution is -2.44. The molecule has 1 aliphatic heterocycles. The number of nitrogens with zero attached hydrogens (tertiary/aromatic N) is 2. The molecule has 1 saturated heterocycles. The third-order valence-corrected chi connectivity index (χ3v) is 4.89. The number of piperidine rings is 1. The molecule has 0 saturated carbocycles. The van der Waals surface area contributed by atoms with Crippen molar-refractivity contribution in [2.24, 2.45) is 7.05 Å². The summed E-state index contributed by atoms with van der Waals surface area (Å²) in [5, 5.41) is 0. The summed E-state index contributed by atoms with van der Waals surface area (Å²) in [6, 6.07) is 7.46. The van der Waals surface area contributed by atoms with Gasteiger partial charge in [0.25, 0.3) is 5.91 Å². The van der Waals surface area contributed by atoms with Crippen molar-refractivity contribution < 1.29 is 18.7 Å². The number of likely N-dealkylation sites (tertiary alicyclic amines) is 1. The Hall–Kier alpha value is -2.76. The average Bonchev–Trinajstić information content (AvgIpc) is 3.28. The molecule has 1 aliphatic rings. The minimum Gasteiger partial charge on any atom is -0.462 e. The predicted octanol–water partition coefficient (Wildman–Crippen LogP) is 3.57. The summed E-state index contributed by atoms with van der Waals surface area (Å²) >= 11 is 0. The fourth-order valence-electron chi connectivity index (χ4n) is 3.44. The molecule has 1 amide bonds. The molecule has 0 bridgehead atoms. The van der Waals surface area contributed by atoms with Crippen LogP contribution < -0.4 is 0 Å². The van der Waals surface area contributed by atoms with Crippen molar-refractivity contribution in [3.63, 3.8) is 0 Å². The first-order chi connectivity index (χ1) is 13.0. The lowest BCUT2D eigenvalue weighted by Gasteiger charge is -2.35. The number of carbonyl (C=O) groups is 2. The minimum atomic E-state index is -0.403. The van der Waals surface area contributed by atoms with Gasteiger partial charge in [0.2, 0.25) is 0 Å². The molecule has 0 aliphatic carbocycles. The Morgan fingerprint density at radius 1 is 1.30 bits per heavy atom. The largest absolute Gasteiger partial charge is 0.462 e. The second-order valence-corrected chi connectivity index (χ2v) is 6.89. The van der Waals surface area contributed by atoms with Gasteiger partial charge >= 0.3 is 5.97 Å². The number of amides is 1. The topological polar surface area (TPSA) is 64.7 Å². The fourth-order valence-corrected chi connectivity index (χ4v) is 3.44. The molecule has 2 aromatic rings. The van der Waals surface area contributed by atoms with E-state index in [1.807, 2.05) is 47.8 Å². The van der Waals surface area contributed by atoms with E-state index in [1.165, 1.54) is 6.08 Å². The highest BCUT2D eigenvalue weighted by atomic mass is 16.5. The first-order valence-corrected chi connectivity index (χ1v) is 9.38. The highest BCUT2D eigenvalue weighted by Crippen LogP contribution is 2.22. The maximum absolute atomic E-state index is 12.8. The van der Waals surface area contributed by atoms with Gasteiger partial charge in [-0.15, -0.1) is 0 Å². The Balaban J connectivity index is 1.51. The number of furan rings is 1. The summed E-state index contributed by atoms with van der Waals surface area (Å²) in [5.41, 5.74) is 0.690. The van der Waals surface area contributed by atoms with Crippen LogP contribution in [0.25, 0.3) is 6.08 Å². The highest BCUT2D eigenvalue weighted by molar-refractivity contribution is 5.93. The van der Waals surface area contributed by atoms with Crippen LogP contribution in [0.15, 0.2) is 41.0 Å². The zero-order valence-corrected chi connectivity index (χ0v) is 15.9. The molecule has 0 radical (unpaired) electrons. The molecule has 3 rings (SSSR count). The van der Waals surface area contributed by atoms with Crippen LogP contribution in [0.3, 0.4) is 0 Å². The van der Waals surface area contributed by atoms with Gasteiger partial charge in [-0.2, -0.15) is 0 Å². The monoisotopic (exact) mass is 370 g/mol. The van der Waals surface area contributed by atoms with Crippen molar-refractivity contribution in [3.8, 4) is 0 Å². The van der Waals surface area contributed by atoms with Crippen LogP contribution >= 0.6 is 0 Å². The normalized spacial score (nSPS) is 17.4. The van der Waals surface area contributed by atoms with E-state index in [0.29, 0.717) is 24.5 Å². The van der Waals surface area contributed by atoms with Crippen molar-refractivity contribution in [2.45, 2.75) is 38.6 Å². The van der Waals surface area contributed by atoms with Gasteiger partial charge < -0.3 is 18.6 Å². The molecule has 0 aromatic carbocycles. The van der Waals surface area contributed by atoms with Gasteiger partial charge in [-0.1, -0.05) is 0 Å². The van der Waals surface area contributed by atoms with Gasteiger partial charge in [0.15, 0.2) is 0 Å². The second-order valence-electron chi connectivity index (χ2n) is 6.89. The Morgan fingerprint density at radius 2 is 2.15 bits per heavy atom.